The van der Waals surface area contributed by atoms with Gasteiger partial charge in [-0.05, 0) is 30.7 Å². The molecule has 0 aliphatic rings. The quantitative estimate of drug-likeness (QED) is 0.862. The van der Waals surface area contributed by atoms with Crippen LogP contribution in [0, 0.1) is 12.7 Å². The van der Waals surface area contributed by atoms with Gasteiger partial charge in [-0.15, -0.1) is 0 Å². The fourth-order valence-corrected chi connectivity index (χ4v) is 1.96. The van der Waals surface area contributed by atoms with Gasteiger partial charge in [0.2, 0.25) is 0 Å². The van der Waals surface area contributed by atoms with Crippen molar-refractivity contribution < 1.29 is 17.5 Å². The fourth-order valence-electron chi connectivity index (χ4n) is 1.33. The average Bonchev–Trinajstić information content (AvgIpc) is 2.33. The molecule has 0 radical (unpaired) electrons. The zero-order valence-corrected chi connectivity index (χ0v) is 11.1. The molecule has 0 saturated heterocycles. The van der Waals surface area contributed by atoms with E-state index >= 15 is 0 Å². The average molecular weight is 282 g/mol. The Labute approximate surface area is 110 Å². The summed E-state index contributed by atoms with van der Waals surface area (Å²) in [6.45, 7) is 1.81. The summed E-state index contributed by atoms with van der Waals surface area (Å²) in [5.41, 5.74) is 0.847. The van der Waals surface area contributed by atoms with Crippen molar-refractivity contribution in [2.45, 2.75) is 11.8 Å². The van der Waals surface area contributed by atoms with Gasteiger partial charge in [0.05, 0.1) is 4.90 Å². The molecule has 0 fully saturated rings. The van der Waals surface area contributed by atoms with Crippen LogP contribution < -0.4 is 4.74 Å². The molecule has 2 rings (SSSR count). The molecule has 0 N–H and O–H groups in total. The summed E-state index contributed by atoms with van der Waals surface area (Å²) < 4.78 is 41.4. The topological polar surface area (TPSA) is 69.2 Å². The molecular formula is C12H11FN2O3S. The second kappa shape index (κ2) is 4.93. The van der Waals surface area contributed by atoms with Crippen molar-refractivity contribution in [3.05, 3.63) is 42.0 Å². The maximum Gasteiger partial charge on any atom is 0.321 e. The first kappa shape index (κ1) is 13.4. The van der Waals surface area contributed by atoms with Crippen molar-refractivity contribution >= 4 is 9.84 Å². The van der Waals surface area contributed by atoms with Crippen LogP contribution in [0.3, 0.4) is 0 Å². The van der Waals surface area contributed by atoms with Crippen molar-refractivity contribution in [2.75, 3.05) is 6.26 Å². The molecule has 2 aromatic rings. The molecule has 0 atom stereocenters. The van der Waals surface area contributed by atoms with Crippen LogP contribution in [0.5, 0.6) is 11.8 Å². The number of aromatic nitrogens is 2. The first-order chi connectivity index (χ1) is 8.86. The number of benzene rings is 1. The lowest BCUT2D eigenvalue weighted by Gasteiger charge is -2.06. The van der Waals surface area contributed by atoms with E-state index in [9.17, 15) is 12.8 Å². The highest BCUT2D eigenvalue weighted by Crippen LogP contribution is 2.24. The van der Waals surface area contributed by atoms with Gasteiger partial charge in [0.15, 0.2) is 21.4 Å². The van der Waals surface area contributed by atoms with Gasteiger partial charge in [0.25, 0.3) is 0 Å². The Balaban J connectivity index is 2.29. The second-order valence-corrected chi connectivity index (χ2v) is 6.03. The number of aryl methyl sites for hydroxylation is 1. The second-order valence-electron chi connectivity index (χ2n) is 4.01. The van der Waals surface area contributed by atoms with Gasteiger partial charge in [0.1, 0.15) is 0 Å². The van der Waals surface area contributed by atoms with Gasteiger partial charge in [-0.3, -0.25) is 0 Å². The van der Waals surface area contributed by atoms with Crippen LogP contribution >= 0.6 is 0 Å². The Morgan fingerprint density at radius 2 is 1.84 bits per heavy atom. The molecule has 100 valence electrons. The lowest BCUT2D eigenvalue weighted by atomic mass is 10.3. The molecule has 0 saturated carbocycles. The van der Waals surface area contributed by atoms with Crippen molar-refractivity contribution in [2.24, 2.45) is 0 Å². The molecule has 0 spiro atoms. The normalized spacial score (nSPS) is 11.3. The standard InChI is InChI=1S/C12H11FN2O3S/c1-8-6-14-12(15-7-8)18-11-4-3-9(5-10(11)13)19(2,16)17/h3-7H,1-2H3. The van der Waals surface area contributed by atoms with Crippen LogP contribution in [0.25, 0.3) is 0 Å². The number of sulfone groups is 1. The number of halogens is 1. The van der Waals surface area contributed by atoms with E-state index in [1.54, 1.807) is 0 Å². The summed E-state index contributed by atoms with van der Waals surface area (Å²) in [5.74, 6) is -0.914. The predicted molar refractivity (Wildman–Crippen MR) is 66.4 cm³/mol. The third-order valence-corrected chi connectivity index (χ3v) is 3.40. The van der Waals surface area contributed by atoms with Crippen LogP contribution in [0.4, 0.5) is 4.39 Å². The summed E-state index contributed by atoms with van der Waals surface area (Å²) in [5, 5.41) is 0. The smallest absolute Gasteiger partial charge is 0.321 e. The predicted octanol–water partition coefficient (Wildman–Crippen LogP) is 2.12. The minimum absolute atomic E-state index is 0.00314. The molecule has 0 bridgehead atoms. The van der Waals surface area contributed by atoms with Gasteiger partial charge in [-0.1, -0.05) is 0 Å². The molecule has 1 aromatic carbocycles. The van der Waals surface area contributed by atoms with Crippen molar-refractivity contribution in [1.82, 2.24) is 9.97 Å². The molecule has 19 heavy (non-hydrogen) atoms. The molecule has 0 unspecified atom stereocenters. The van der Waals surface area contributed by atoms with Crippen LogP contribution in [0.15, 0.2) is 35.5 Å². The van der Waals surface area contributed by atoms with Crippen molar-refractivity contribution in [3.8, 4) is 11.8 Å². The molecule has 1 heterocycles. The minimum Gasteiger partial charge on any atom is -0.421 e. The number of nitrogens with zero attached hydrogens (tertiary/aromatic N) is 2. The Bertz CT molecular complexity index is 699. The molecule has 0 amide bonds. The highest BCUT2D eigenvalue weighted by molar-refractivity contribution is 7.90. The van der Waals surface area contributed by atoms with E-state index in [1.807, 2.05) is 6.92 Å². The van der Waals surface area contributed by atoms with E-state index in [-0.39, 0.29) is 16.7 Å². The Morgan fingerprint density at radius 1 is 1.21 bits per heavy atom. The van der Waals surface area contributed by atoms with E-state index in [4.69, 9.17) is 4.74 Å². The summed E-state index contributed by atoms with van der Waals surface area (Å²) >= 11 is 0. The summed E-state index contributed by atoms with van der Waals surface area (Å²) in [4.78, 5) is 7.63. The van der Waals surface area contributed by atoms with Crippen LogP contribution in [0.2, 0.25) is 0 Å². The van der Waals surface area contributed by atoms with E-state index in [2.05, 4.69) is 9.97 Å². The van der Waals surface area contributed by atoms with Gasteiger partial charge in [0, 0.05) is 18.6 Å². The lowest BCUT2D eigenvalue weighted by molar-refractivity contribution is 0.409. The third-order valence-electron chi connectivity index (χ3n) is 2.29. The summed E-state index contributed by atoms with van der Waals surface area (Å²) in [6.07, 6.45) is 4.07. The molecular weight excluding hydrogens is 271 g/mol. The Morgan fingerprint density at radius 3 is 2.37 bits per heavy atom. The molecule has 0 aliphatic heterocycles. The first-order valence-electron chi connectivity index (χ1n) is 5.32. The lowest BCUT2D eigenvalue weighted by Crippen LogP contribution is -1.99. The van der Waals surface area contributed by atoms with E-state index in [0.29, 0.717) is 0 Å². The SMILES string of the molecule is Cc1cnc(Oc2ccc(S(C)(=O)=O)cc2F)nc1. The highest BCUT2D eigenvalue weighted by Gasteiger charge is 2.13. The summed E-state index contributed by atoms with van der Waals surface area (Å²) in [7, 11) is -3.45. The maximum atomic E-state index is 13.7. The van der Waals surface area contributed by atoms with Crippen LogP contribution in [-0.4, -0.2) is 24.6 Å². The van der Waals surface area contributed by atoms with E-state index in [1.165, 1.54) is 24.5 Å². The van der Waals surface area contributed by atoms with Crippen molar-refractivity contribution in [1.29, 1.82) is 0 Å². The number of ether oxygens (including phenoxy) is 1. The first-order valence-corrected chi connectivity index (χ1v) is 7.21. The van der Waals surface area contributed by atoms with Gasteiger partial charge >= 0.3 is 6.01 Å². The molecule has 5 nitrogen and oxygen atoms in total. The monoisotopic (exact) mass is 282 g/mol. The third kappa shape index (κ3) is 3.25. The zero-order chi connectivity index (χ0) is 14.0. The number of hydrogen-bond donors (Lipinski definition) is 0. The van der Waals surface area contributed by atoms with Gasteiger partial charge < -0.3 is 4.74 Å². The molecule has 1 aromatic heterocycles. The Kier molecular flexibility index (Phi) is 3.48. The Hall–Kier alpha value is -2.02. The maximum absolute atomic E-state index is 13.7. The number of rotatable bonds is 3. The molecule has 0 aliphatic carbocycles. The minimum atomic E-state index is -3.45. The fraction of sp³-hybridized carbons (Fsp3) is 0.167. The van der Waals surface area contributed by atoms with Crippen molar-refractivity contribution in [3.63, 3.8) is 0 Å². The van der Waals surface area contributed by atoms with Crippen LogP contribution in [0.1, 0.15) is 5.56 Å². The van der Waals surface area contributed by atoms with E-state index < -0.39 is 15.7 Å². The molecule has 7 heteroatoms. The van der Waals surface area contributed by atoms with Crippen LogP contribution in [-0.2, 0) is 9.84 Å². The zero-order valence-electron chi connectivity index (χ0n) is 10.3. The van der Waals surface area contributed by atoms with Gasteiger partial charge in [-0.2, -0.15) is 0 Å². The van der Waals surface area contributed by atoms with Gasteiger partial charge in [-0.25, -0.2) is 22.8 Å². The largest absolute Gasteiger partial charge is 0.421 e. The van der Waals surface area contributed by atoms with E-state index in [0.717, 1.165) is 17.9 Å². The highest BCUT2D eigenvalue weighted by atomic mass is 32.2. The summed E-state index contributed by atoms with van der Waals surface area (Å²) in [6, 6.07) is 3.40. The number of hydrogen-bond acceptors (Lipinski definition) is 5.